The van der Waals surface area contributed by atoms with Crippen LogP contribution in [0.1, 0.15) is 43.7 Å². The first-order chi connectivity index (χ1) is 15.3. The molecule has 31 heavy (non-hydrogen) atoms. The van der Waals surface area contributed by atoms with Gasteiger partial charge in [0.2, 0.25) is 11.7 Å². The Balaban J connectivity index is 1.34. The zero-order valence-electron chi connectivity index (χ0n) is 16.8. The predicted octanol–water partition coefficient (Wildman–Crippen LogP) is 3.10. The van der Waals surface area contributed by atoms with Gasteiger partial charge in [0.15, 0.2) is 5.82 Å². The van der Waals surface area contributed by atoms with Crippen molar-refractivity contribution in [1.29, 1.82) is 0 Å². The van der Waals surface area contributed by atoms with Crippen molar-refractivity contribution in [2.24, 2.45) is 0 Å². The summed E-state index contributed by atoms with van der Waals surface area (Å²) >= 11 is 0. The van der Waals surface area contributed by atoms with Crippen molar-refractivity contribution in [3.63, 3.8) is 0 Å². The Morgan fingerprint density at radius 2 is 2.06 bits per heavy atom. The first-order valence-corrected chi connectivity index (χ1v) is 10.6. The van der Waals surface area contributed by atoms with Crippen LogP contribution in [0, 0.1) is 5.82 Å². The Hall–Kier alpha value is -3.40. The number of hydrogen-bond acceptors (Lipinski definition) is 7. The van der Waals surface area contributed by atoms with Gasteiger partial charge in [-0.2, -0.15) is 10.1 Å². The highest BCUT2D eigenvalue weighted by Gasteiger charge is 2.26. The lowest BCUT2D eigenvalue weighted by atomic mass is 9.95. The zero-order chi connectivity index (χ0) is 20.8. The van der Waals surface area contributed by atoms with Gasteiger partial charge in [0.25, 0.3) is 0 Å². The lowest BCUT2D eigenvalue weighted by Crippen LogP contribution is -2.30. The van der Waals surface area contributed by atoms with Crippen LogP contribution in [0.15, 0.2) is 35.4 Å². The number of benzene rings is 1. The fourth-order valence-electron chi connectivity index (χ4n) is 4.51. The van der Waals surface area contributed by atoms with Crippen LogP contribution in [0.25, 0.3) is 28.6 Å². The maximum Gasteiger partial charge on any atom is 0.240 e. The van der Waals surface area contributed by atoms with E-state index in [1.807, 2.05) is 4.57 Å². The predicted molar refractivity (Wildman–Crippen MR) is 109 cm³/mol. The van der Waals surface area contributed by atoms with E-state index in [4.69, 9.17) is 4.52 Å². The first kappa shape index (κ1) is 18.4. The second-order valence-electron chi connectivity index (χ2n) is 8.04. The van der Waals surface area contributed by atoms with Crippen molar-refractivity contribution in [3.8, 4) is 28.6 Å². The molecule has 0 spiro atoms. The standard InChI is InChI=1S/C21H21FN8O/c22-13-6-7-16-15(8-13)21-24-11-26-30(21)10-17-19(25-12-29(16)17)20-27-18(31-28-20)9-23-14-4-2-1-3-5-14/h6-8,11-12,14,23H,1-5,9-10H2. The Labute approximate surface area is 177 Å². The van der Waals surface area contributed by atoms with Gasteiger partial charge in [0, 0.05) is 11.6 Å². The molecule has 0 atom stereocenters. The number of rotatable bonds is 4. The van der Waals surface area contributed by atoms with Gasteiger partial charge < -0.3 is 9.84 Å². The SMILES string of the molecule is Fc1ccc2c(c1)-c1ncnn1Cc1c(-c3noc(CNC4CCCCC4)n3)ncn1-2. The number of fused-ring (bicyclic) bond motifs is 5. The van der Waals surface area contributed by atoms with Crippen LogP contribution in [0.4, 0.5) is 4.39 Å². The molecule has 1 saturated carbocycles. The molecule has 1 aromatic carbocycles. The van der Waals surface area contributed by atoms with E-state index >= 15 is 0 Å². The minimum absolute atomic E-state index is 0.328. The van der Waals surface area contributed by atoms with Crippen LogP contribution in [0.5, 0.6) is 0 Å². The first-order valence-electron chi connectivity index (χ1n) is 10.6. The van der Waals surface area contributed by atoms with E-state index in [0.29, 0.717) is 47.9 Å². The fraction of sp³-hybridized carbons (Fsp3) is 0.381. The van der Waals surface area contributed by atoms with E-state index in [0.717, 1.165) is 11.4 Å². The third-order valence-corrected chi connectivity index (χ3v) is 6.07. The van der Waals surface area contributed by atoms with E-state index in [1.165, 1.54) is 50.6 Å². The van der Waals surface area contributed by atoms with Gasteiger partial charge in [-0.1, -0.05) is 24.4 Å². The largest absolute Gasteiger partial charge is 0.337 e. The maximum absolute atomic E-state index is 14.0. The molecular weight excluding hydrogens is 399 g/mol. The Kier molecular flexibility index (Phi) is 4.37. The monoisotopic (exact) mass is 420 g/mol. The van der Waals surface area contributed by atoms with E-state index in [2.05, 4.69) is 30.5 Å². The molecule has 4 aromatic rings. The molecular formula is C21H21FN8O. The van der Waals surface area contributed by atoms with Crippen LogP contribution < -0.4 is 5.32 Å². The topological polar surface area (TPSA) is 99.5 Å². The molecule has 6 rings (SSSR count). The molecule has 1 N–H and O–H groups in total. The molecule has 0 amide bonds. The van der Waals surface area contributed by atoms with Gasteiger partial charge in [-0.25, -0.2) is 19.0 Å². The van der Waals surface area contributed by atoms with Crippen molar-refractivity contribution in [2.75, 3.05) is 0 Å². The summed E-state index contributed by atoms with van der Waals surface area (Å²) in [5.41, 5.74) is 2.89. The number of hydrogen-bond donors (Lipinski definition) is 1. The highest BCUT2D eigenvalue weighted by Crippen LogP contribution is 2.33. The van der Waals surface area contributed by atoms with Crippen molar-refractivity contribution >= 4 is 0 Å². The number of imidazole rings is 1. The molecule has 1 aliphatic heterocycles. The third-order valence-electron chi connectivity index (χ3n) is 6.07. The summed E-state index contributed by atoms with van der Waals surface area (Å²) in [6.07, 6.45) is 9.40. The number of nitrogens with zero attached hydrogens (tertiary/aromatic N) is 7. The molecule has 4 heterocycles. The summed E-state index contributed by atoms with van der Waals surface area (Å²) in [7, 11) is 0. The molecule has 0 bridgehead atoms. The van der Waals surface area contributed by atoms with Crippen LogP contribution >= 0.6 is 0 Å². The van der Waals surface area contributed by atoms with E-state index < -0.39 is 0 Å². The van der Waals surface area contributed by atoms with E-state index in [1.54, 1.807) is 17.1 Å². The average Bonchev–Trinajstić information content (AvgIpc) is 3.52. The zero-order valence-corrected chi connectivity index (χ0v) is 16.8. The van der Waals surface area contributed by atoms with Crippen LogP contribution in [0.2, 0.25) is 0 Å². The lowest BCUT2D eigenvalue weighted by molar-refractivity contribution is 0.327. The highest BCUT2D eigenvalue weighted by atomic mass is 19.1. The van der Waals surface area contributed by atoms with Crippen LogP contribution in [0.3, 0.4) is 0 Å². The summed E-state index contributed by atoms with van der Waals surface area (Å²) < 4.78 is 23.1. The van der Waals surface area contributed by atoms with Crippen molar-refractivity contribution < 1.29 is 8.91 Å². The van der Waals surface area contributed by atoms with Crippen molar-refractivity contribution in [2.45, 2.75) is 51.2 Å². The Morgan fingerprint density at radius 3 is 2.97 bits per heavy atom. The molecule has 158 valence electrons. The molecule has 0 radical (unpaired) electrons. The van der Waals surface area contributed by atoms with Crippen molar-refractivity contribution in [3.05, 3.63) is 48.3 Å². The summed E-state index contributed by atoms with van der Waals surface area (Å²) in [5, 5.41) is 12.0. The van der Waals surface area contributed by atoms with Crippen molar-refractivity contribution in [1.82, 2.24) is 39.8 Å². The van der Waals surface area contributed by atoms with Gasteiger partial charge in [-0.15, -0.1) is 0 Å². The minimum atomic E-state index is -0.328. The Bertz CT molecular complexity index is 1240. The average molecular weight is 420 g/mol. The van der Waals surface area contributed by atoms with E-state index in [9.17, 15) is 4.39 Å². The quantitative estimate of drug-likeness (QED) is 0.477. The van der Waals surface area contributed by atoms with Crippen LogP contribution in [-0.4, -0.2) is 40.5 Å². The smallest absolute Gasteiger partial charge is 0.240 e. The number of nitrogens with one attached hydrogen (secondary N) is 1. The van der Waals surface area contributed by atoms with Gasteiger partial charge >= 0.3 is 0 Å². The van der Waals surface area contributed by atoms with Gasteiger partial charge in [-0.05, 0) is 31.0 Å². The minimum Gasteiger partial charge on any atom is -0.337 e. The number of aromatic nitrogens is 7. The Morgan fingerprint density at radius 1 is 1.16 bits per heavy atom. The fourth-order valence-corrected chi connectivity index (χ4v) is 4.51. The molecule has 2 aliphatic rings. The molecule has 1 aliphatic carbocycles. The molecule has 10 heteroatoms. The van der Waals surface area contributed by atoms with Gasteiger partial charge in [0.1, 0.15) is 24.2 Å². The van der Waals surface area contributed by atoms with E-state index in [-0.39, 0.29) is 5.82 Å². The second kappa shape index (κ2) is 7.38. The molecule has 3 aromatic heterocycles. The van der Waals surface area contributed by atoms with Crippen LogP contribution in [-0.2, 0) is 13.1 Å². The summed E-state index contributed by atoms with van der Waals surface area (Å²) in [6, 6.07) is 5.13. The third kappa shape index (κ3) is 3.23. The molecule has 1 fully saturated rings. The molecule has 0 unspecified atom stereocenters. The lowest BCUT2D eigenvalue weighted by Gasteiger charge is -2.21. The maximum atomic E-state index is 14.0. The molecule has 9 nitrogen and oxygen atoms in total. The normalized spacial score (nSPS) is 15.9. The summed E-state index contributed by atoms with van der Waals surface area (Å²) in [6.45, 7) is 0.953. The number of halogens is 1. The summed E-state index contributed by atoms with van der Waals surface area (Å²) in [5.74, 6) is 1.25. The molecule has 0 saturated heterocycles. The van der Waals surface area contributed by atoms with Gasteiger partial charge in [0.05, 0.1) is 24.5 Å². The summed E-state index contributed by atoms with van der Waals surface area (Å²) in [4.78, 5) is 13.5. The van der Waals surface area contributed by atoms with Gasteiger partial charge in [-0.3, -0.25) is 4.57 Å². The highest BCUT2D eigenvalue weighted by molar-refractivity contribution is 5.70. The second-order valence-corrected chi connectivity index (χ2v) is 8.04.